The molecular formula is C20H17N5O2. The number of hydrogen-bond acceptors (Lipinski definition) is 6. The van der Waals surface area contributed by atoms with Crippen LogP contribution in [0.25, 0.3) is 16.7 Å². The van der Waals surface area contributed by atoms with Crippen molar-refractivity contribution in [2.24, 2.45) is 0 Å². The molecule has 5 rings (SSSR count). The predicted octanol–water partition coefficient (Wildman–Crippen LogP) is 3.46. The summed E-state index contributed by atoms with van der Waals surface area (Å²) in [5.41, 5.74) is 4.02. The van der Waals surface area contributed by atoms with Crippen LogP contribution in [0.5, 0.6) is 11.5 Å². The monoisotopic (exact) mass is 359 g/mol. The number of ether oxygens (including phenoxy) is 2. The number of aromatic nitrogens is 4. The van der Waals surface area contributed by atoms with E-state index in [4.69, 9.17) is 9.47 Å². The third-order valence-corrected chi connectivity index (χ3v) is 4.54. The predicted molar refractivity (Wildman–Crippen MR) is 101 cm³/mol. The molecule has 3 heterocycles. The van der Waals surface area contributed by atoms with Crippen molar-refractivity contribution in [2.75, 3.05) is 12.1 Å². The second kappa shape index (κ2) is 6.28. The van der Waals surface area contributed by atoms with Crippen molar-refractivity contribution in [3.8, 4) is 17.2 Å². The lowest BCUT2D eigenvalue weighted by Crippen LogP contribution is -2.03. The Hall–Kier alpha value is -3.61. The molecule has 0 unspecified atom stereocenters. The first-order chi connectivity index (χ1) is 13.3. The summed E-state index contributed by atoms with van der Waals surface area (Å²) < 4.78 is 12.6. The number of aryl methyl sites for hydroxylation is 1. The Morgan fingerprint density at radius 2 is 1.89 bits per heavy atom. The van der Waals surface area contributed by atoms with Crippen LogP contribution < -0.4 is 14.8 Å². The number of fused-ring (bicyclic) bond motifs is 2. The highest BCUT2D eigenvalue weighted by atomic mass is 16.7. The Balaban J connectivity index is 1.43. The average molecular weight is 359 g/mol. The summed E-state index contributed by atoms with van der Waals surface area (Å²) in [6.07, 6.45) is 3.34. The van der Waals surface area contributed by atoms with E-state index in [9.17, 15) is 0 Å². The van der Waals surface area contributed by atoms with Gasteiger partial charge in [-0.05, 0) is 36.8 Å². The second-order valence-corrected chi connectivity index (χ2v) is 6.39. The van der Waals surface area contributed by atoms with Gasteiger partial charge in [0, 0.05) is 6.54 Å². The summed E-state index contributed by atoms with van der Waals surface area (Å²) in [6.45, 7) is 2.95. The molecule has 2 aromatic heterocycles. The first-order valence-electron chi connectivity index (χ1n) is 8.66. The van der Waals surface area contributed by atoms with Gasteiger partial charge in [0.05, 0.1) is 17.3 Å². The fraction of sp³-hybridized carbons (Fsp3) is 0.150. The highest BCUT2D eigenvalue weighted by molar-refractivity contribution is 5.87. The summed E-state index contributed by atoms with van der Waals surface area (Å²) >= 11 is 0. The maximum absolute atomic E-state index is 5.43. The van der Waals surface area contributed by atoms with E-state index in [0.29, 0.717) is 6.54 Å². The number of rotatable bonds is 4. The Morgan fingerprint density at radius 3 is 2.78 bits per heavy atom. The van der Waals surface area contributed by atoms with Crippen molar-refractivity contribution in [3.05, 3.63) is 66.1 Å². The molecule has 4 aromatic rings. The van der Waals surface area contributed by atoms with E-state index in [-0.39, 0.29) is 6.79 Å². The van der Waals surface area contributed by atoms with Crippen LogP contribution in [0.1, 0.15) is 11.1 Å². The first-order valence-corrected chi connectivity index (χ1v) is 8.66. The van der Waals surface area contributed by atoms with Crippen molar-refractivity contribution >= 4 is 16.9 Å². The minimum Gasteiger partial charge on any atom is -0.454 e. The highest BCUT2D eigenvalue weighted by Gasteiger charge is 2.14. The summed E-state index contributed by atoms with van der Waals surface area (Å²) in [5, 5.41) is 8.74. The van der Waals surface area contributed by atoms with Gasteiger partial charge in [-0.3, -0.25) is 0 Å². The van der Waals surface area contributed by atoms with Gasteiger partial charge in [-0.2, -0.15) is 5.10 Å². The zero-order valence-electron chi connectivity index (χ0n) is 14.7. The molecular weight excluding hydrogens is 342 g/mol. The maximum atomic E-state index is 5.43. The van der Waals surface area contributed by atoms with Gasteiger partial charge >= 0.3 is 0 Å². The third kappa shape index (κ3) is 2.83. The minimum absolute atomic E-state index is 0.275. The lowest BCUT2D eigenvalue weighted by molar-refractivity contribution is 0.174. The van der Waals surface area contributed by atoms with Crippen LogP contribution in [0.4, 0.5) is 5.82 Å². The van der Waals surface area contributed by atoms with Gasteiger partial charge in [0.15, 0.2) is 17.1 Å². The third-order valence-electron chi connectivity index (χ3n) is 4.54. The highest BCUT2D eigenvalue weighted by Crippen LogP contribution is 2.32. The van der Waals surface area contributed by atoms with Gasteiger partial charge in [0.1, 0.15) is 12.1 Å². The van der Waals surface area contributed by atoms with Gasteiger partial charge < -0.3 is 14.8 Å². The summed E-state index contributed by atoms with van der Waals surface area (Å²) in [6, 6.07) is 14.1. The van der Waals surface area contributed by atoms with Crippen molar-refractivity contribution in [3.63, 3.8) is 0 Å². The average Bonchev–Trinajstić information content (AvgIpc) is 3.33. The smallest absolute Gasteiger partial charge is 0.231 e. The summed E-state index contributed by atoms with van der Waals surface area (Å²) in [5.74, 6) is 2.30. The zero-order chi connectivity index (χ0) is 18.2. The van der Waals surface area contributed by atoms with Crippen LogP contribution in [0, 0.1) is 6.92 Å². The number of anilines is 1. The van der Waals surface area contributed by atoms with Gasteiger partial charge in [-0.1, -0.05) is 23.8 Å². The molecule has 1 aliphatic rings. The van der Waals surface area contributed by atoms with E-state index >= 15 is 0 Å². The molecule has 0 spiro atoms. The fourth-order valence-corrected chi connectivity index (χ4v) is 3.10. The topological polar surface area (TPSA) is 74.1 Å². The van der Waals surface area contributed by atoms with Crippen molar-refractivity contribution < 1.29 is 9.47 Å². The molecule has 134 valence electrons. The fourth-order valence-electron chi connectivity index (χ4n) is 3.10. The maximum Gasteiger partial charge on any atom is 0.231 e. The van der Waals surface area contributed by atoms with Crippen LogP contribution in [-0.2, 0) is 6.54 Å². The van der Waals surface area contributed by atoms with Crippen LogP contribution in [0.15, 0.2) is 55.0 Å². The molecule has 7 nitrogen and oxygen atoms in total. The molecule has 27 heavy (non-hydrogen) atoms. The molecule has 1 aliphatic heterocycles. The molecule has 7 heteroatoms. The van der Waals surface area contributed by atoms with Gasteiger partial charge in [0.25, 0.3) is 0 Å². The molecule has 0 amide bonds. The van der Waals surface area contributed by atoms with E-state index in [0.717, 1.165) is 39.6 Å². The molecule has 0 saturated heterocycles. The Bertz CT molecular complexity index is 1120. The Labute approximate surface area is 155 Å². The van der Waals surface area contributed by atoms with Crippen molar-refractivity contribution in [1.82, 2.24) is 19.7 Å². The van der Waals surface area contributed by atoms with Gasteiger partial charge in [-0.25, -0.2) is 14.6 Å². The quantitative estimate of drug-likeness (QED) is 0.601. The molecule has 0 bridgehead atoms. The first kappa shape index (κ1) is 15.6. The van der Waals surface area contributed by atoms with Gasteiger partial charge in [0.2, 0.25) is 6.79 Å². The molecule has 0 aliphatic carbocycles. The number of hydrogen-bond donors (Lipinski definition) is 1. The lowest BCUT2D eigenvalue weighted by atomic mass is 10.2. The van der Waals surface area contributed by atoms with Crippen molar-refractivity contribution in [1.29, 1.82) is 0 Å². The molecule has 0 radical (unpaired) electrons. The van der Waals surface area contributed by atoms with Crippen LogP contribution in [-0.4, -0.2) is 26.5 Å². The number of nitrogens with zero attached hydrogens (tertiary/aromatic N) is 4. The van der Waals surface area contributed by atoms with E-state index in [1.807, 2.05) is 35.0 Å². The molecule has 2 aromatic carbocycles. The van der Waals surface area contributed by atoms with Crippen LogP contribution in [0.3, 0.4) is 0 Å². The summed E-state index contributed by atoms with van der Waals surface area (Å²) in [7, 11) is 0. The molecule has 0 fully saturated rings. The molecule has 0 atom stereocenters. The van der Waals surface area contributed by atoms with Crippen LogP contribution in [0.2, 0.25) is 0 Å². The Kier molecular flexibility index (Phi) is 3.64. The largest absolute Gasteiger partial charge is 0.454 e. The minimum atomic E-state index is 0.275. The second-order valence-electron chi connectivity index (χ2n) is 6.39. The van der Waals surface area contributed by atoms with Crippen molar-refractivity contribution in [2.45, 2.75) is 13.5 Å². The van der Waals surface area contributed by atoms with E-state index < -0.39 is 0 Å². The van der Waals surface area contributed by atoms with E-state index in [2.05, 4.69) is 39.4 Å². The number of benzene rings is 2. The zero-order valence-corrected chi connectivity index (χ0v) is 14.7. The van der Waals surface area contributed by atoms with E-state index in [1.165, 1.54) is 5.56 Å². The SMILES string of the molecule is Cc1ccc(-n2ncc3c(NCc4ccc5c(c4)OCO5)ncnc32)cc1. The normalized spacial score (nSPS) is 12.5. The summed E-state index contributed by atoms with van der Waals surface area (Å²) in [4.78, 5) is 8.80. The molecule has 0 saturated carbocycles. The van der Waals surface area contributed by atoms with Crippen LogP contribution >= 0.6 is 0 Å². The Morgan fingerprint density at radius 1 is 1.04 bits per heavy atom. The van der Waals surface area contributed by atoms with Gasteiger partial charge in [-0.15, -0.1) is 0 Å². The lowest BCUT2D eigenvalue weighted by Gasteiger charge is -2.08. The number of nitrogens with one attached hydrogen (secondary N) is 1. The molecule has 1 N–H and O–H groups in total. The standard InChI is InChI=1S/C20H17N5O2/c1-13-2-5-15(6-3-13)25-20-16(10-24-25)19(22-11-23-20)21-9-14-4-7-17-18(8-14)27-12-26-17/h2-8,10-11H,9,12H2,1H3,(H,21,22,23). The van der Waals surface area contributed by atoms with E-state index in [1.54, 1.807) is 12.5 Å².